The van der Waals surface area contributed by atoms with E-state index in [9.17, 15) is 29.6 Å². The van der Waals surface area contributed by atoms with Gasteiger partial charge in [-0.15, -0.1) is 0 Å². The predicted molar refractivity (Wildman–Crippen MR) is 103 cm³/mol. The minimum atomic E-state index is -1.35. The Morgan fingerprint density at radius 2 is 1.86 bits per heavy atom. The van der Waals surface area contributed by atoms with E-state index in [-0.39, 0.29) is 37.0 Å². The molecule has 0 aliphatic heterocycles. The quantitative estimate of drug-likeness (QED) is 0.346. The minimum absolute atomic E-state index is 0.137. The van der Waals surface area contributed by atoms with E-state index in [1.54, 1.807) is 6.92 Å². The van der Waals surface area contributed by atoms with E-state index in [1.807, 2.05) is 0 Å². The van der Waals surface area contributed by atoms with Gasteiger partial charge in [-0.3, -0.25) is 19.7 Å². The molecule has 1 aliphatic carbocycles. The first kappa shape index (κ1) is 22.3. The number of carbonyl (C=O) groups excluding carboxylic acids is 2. The molecular weight excluding hydrogens is 380 g/mol. The average molecular weight is 406 g/mol. The zero-order chi connectivity index (χ0) is 21.4. The summed E-state index contributed by atoms with van der Waals surface area (Å²) in [6.45, 7) is 1.77. The largest absolute Gasteiger partial charge is 0.480 e. The molecular formula is C20H26N2O7. The molecule has 2 rings (SSSR count). The van der Waals surface area contributed by atoms with Crippen molar-refractivity contribution in [2.45, 2.75) is 57.4 Å². The van der Waals surface area contributed by atoms with Gasteiger partial charge in [0.1, 0.15) is 6.04 Å². The number of carboxylic acid groups (broad SMARTS) is 1. The Labute approximate surface area is 168 Å². The van der Waals surface area contributed by atoms with Crippen LogP contribution in [0.3, 0.4) is 0 Å². The van der Waals surface area contributed by atoms with Gasteiger partial charge in [0.2, 0.25) is 5.91 Å². The number of carbonyl (C=O) groups is 3. The maximum absolute atomic E-state index is 12.4. The van der Waals surface area contributed by atoms with Gasteiger partial charge < -0.3 is 15.2 Å². The van der Waals surface area contributed by atoms with Crippen LogP contribution < -0.4 is 5.32 Å². The SMILES string of the molecule is CCOC(=O)C[C@@H](c1ccc([N+](=O)[O-])cc1)[C@@H](NC(=O)CC1CCCC1)C(=O)O. The van der Waals surface area contributed by atoms with Crippen LogP contribution in [0, 0.1) is 16.0 Å². The number of nitrogens with one attached hydrogen (secondary N) is 1. The number of rotatable bonds is 10. The van der Waals surface area contributed by atoms with Gasteiger partial charge >= 0.3 is 11.9 Å². The second-order valence-electron chi connectivity index (χ2n) is 7.20. The van der Waals surface area contributed by atoms with Crippen LogP contribution in [-0.4, -0.2) is 40.5 Å². The molecule has 1 aromatic carbocycles. The fraction of sp³-hybridized carbons (Fsp3) is 0.550. The molecule has 0 unspecified atom stereocenters. The lowest BCUT2D eigenvalue weighted by Crippen LogP contribution is -2.46. The molecule has 1 aromatic rings. The highest BCUT2D eigenvalue weighted by Gasteiger charge is 2.34. The maximum Gasteiger partial charge on any atom is 0.326 e. The third kappa shape index (κ3) is 6.55. The second-order valence-corrected chi connectivity index (χ2v) is 7.20. The van der Waals surface area contributed by atoms with Gasteiger partial charge in [-0.25, -0.2) is 4.79 Å². The van der Waals surface area contributed by atoms with E-state index in [4.69, 9.17) is 4.74 Å². The molecule has 0 radical (unpaired) electrons. The zero-order valence-corrected chi connectivity index (χ0v) is 16.3. The predicted octanol–water partition coefficient (Wildman–Crippen LogP) is 2.78. The number of hydrogen-bond donors (Lipinski definition) is 2. The molecule has 1 amide bonds. The molecule has 0 saturated heterocycles. The molecule has 2 atom stereocenters. The number of ether oxygens (including phenoxy) is 1. The number of nitro groups is 1. The first-order valence-corrected chi connectivity index (χ1v) is 9.74. The molecule has 1 aliphatic rings. The third-order valence-corrected chi connectivity index (χ3v) is 5.16. The smallest absolute Gasteiger partial charge is 0.326 e. The van der Waals surface area contributed by atoms with Gasteiger partial charge in [0, 0.05) is 24.5 Å². The Morgan fingerprint density at radius 3 is 2.38 bits per heavy atom. The molecule has 158 valence electrons. The Bertz CT molecular complexity index is 742. The molecule has 1 saturated carbocycles. The molecule has 9 heteroatoms. The van der Waals surface area contributed by atoms with Crippen LogP contribution in [0.1, 0.15) is 56.9 Å². The van der Waals surface area contributed by atoms with E-state index in [0.29, 0.717) is 5.56 Å². The van der Waals surface area contributed by atoms with E-state index in [1.165, 1.54) is 24.3 Å². The lowest BCUT2D eigenvalue weighted by Gasteiger charge is -2.25. The van der Waals surface area contributed by atoms with E-state index < -0.39 is 28.8 Å². The highest BCUT2D eigenvalue weighted by molar-refractivity contribution is 5.85. The number of hydrogen-bond acceptors (Lipinski definition) is 6. The van der Waals surface area contributed by atoms with Crippen LogP contribution in [-0.2, 0) is 19.1 Å². The summed E-state index contributed by atoms with van der Waals surface area (Å²) in [4.78, 5) is 46.7. The molecule has 0 heterocycles. The zero-order valence-electron chi connectivity index (χ0n) is 16.3. The number of non-ortho nitro benzene ring substituents is 1. The van der Waals surface area contributed by atoms with Crippen molar-refractivity contribution in [2.24, 2.45) is 5.92 Å². The van der Waals surface area contributed by atoms with E-state index in [0.717, 1.165) is 25.7 Å². The number of esters is 1. The van der Waals surface area contributed by atoms with Crippen molar-refractivity contribution < 1.29 is 29.2 Å². The summed E-state index contributed by atoms with van der Waals surface area (Å²) < 4.78 is 4.95. The Hall–Kier alpha value is -2.97. The van der Waals surface area contributed by atoms with Crippen molar-refractivity contribution in [3.8, 4) is 0 Å². The number of nitro benzene ring substituents is 1. The highest BCUT2D eigenvalue weighted by Crippen LogP contribution is 2.29. The lowest BCUT2D eigenvalue weighted by atomic mass is 9.88. The summed E-state index contributed by atoms with van der Waals surface area (Å²) >= 11 is 0. The van der Waals surface area contributed by atoms with Gasteiger partial charge in [-0.1, -0.05) is 25.0 Å². The number of carboxylic acids is 1. The number of aliphatic carboxylic acids is 1. The Morgan fingerprint density at radius 1 is 1.24 bits per heavy atom. The molecule has 1 fully saturated rings. The highest BCUT2D eigenvalue weighted by atomic mass is 16.6. The Kier molecular flexibility index (Phi) is 8.11. The van der Waals surface area contributed by atoms with Gasteiger partial charge in [0.05, 0.1) is 18.0 Å². The van der Waals surface area contributed by atoms with Gasteiger partial charge in [-0.05, 0) is 31.2 Å². The minimum Gasteiger partial charge on any atom is -0.480 e. The van der Waals surface area contributed by atoms with Gasteiger partial charge in [0.25, 0.3) is 5.69 Å². The Balaban J connectivity index is 2.23. The summed E-state index contributed by atoms with van der Waals surface area (Å²) in [7, 11) is 0. The summed E-state index contributed by atoms with van der Waals surface area (Å²) in [5.74, 6) is -2.93. The van der Waals surface area contributed by atoms with Crippen LogP contribution in [0.5, 0.6) is 0 Å². The molecule has 29 heavy (non-hydrogen) atoms. The summed E-state index contributed by atoms with van der Waals surface area (Å²) in [6.07, 6.45) is 3.99. The molecule has 0 bridgehead atoms. The molecule has 2 N–H and O–H groups in total. The number of amides is 1. The van der Waals surface area contributed by atoms with Crippen LogP contribution in [0.4, 0.5) is 5.69 Å². The monoisotopic (exact) mass is 406 g/mol. The van der Waals surface area contributed by atoms with Crippen LogP contribution in [0.2, 0.25) is 0 Å². The van der Waals surface area contributed by atoms with Crippen molar-refractivity contribution in [1.82, 2.24) is 5.32 Å². The van der Waals surface area contributed by atoms with Crippen molar-refractivity contribution in [3.05, 3.63) is 39.9 Å². The first-order valence-electron chi connectivity index (χ1n) is 9.74. The molecule has 9 nitrogen and oxygen atoms in total. The van der Waals surface area contributed by atoms with Crippen LogP contribution >= 0.6 is 0 Å². The number of benzene rings is 1. The maximum atomic E-state index is 12.4. The van der Waals surface area contributed by atoms with Crippen molar-refractivity contribution >= 4 is 23.5 Å². The van der Waals surface area contributed by atoms with Crippen molar-refractivity contribution in [3.63, 3.8) is 0 Å². The molecule has 0 spiro atoms. The fourth-order valence-electron chi connectivity index (χ4n) is 3.71. The standard InChI is InChI=1S/C20H26N2O7/c1-2-29-18(24)12-16(14-7-9-15(10-8-14)22(27)28)19(20(25)26)21-17(23)11-13-5-3-4-6-13/h7-10,13,16,19H,2-6,11-12H2,1H3,(H,21,23)(H,25,26)/t16-,19+/m0/s1. The lowest BCUT2D eigenvalue weighted by molar-refractivity contribution is -0.384. The van der Waals surface area contributed by atoms with Crippen molar-refractivity contribution in [1.29, 1.82) is 0 Å². The summed E-state index contributed by atoms with van der Waals surface area (Å²) in [5.41, 5.74) is 0.248. The van der Waals surface area contributed by atoms with Crippen molar-refractivity contribution in [2.75, 3.05) is 6.61 Å². The average Bonchev–Trinajstić information content (AvgIpc) is 3.17. The fourth-order valence-corrected chi connectivity index (χ4v) is 3.71. The summed E-state index contributed by atoms with van der Waals surface area (Å²) in [5, 5.41) is 23.1. The van der Waals surface area contributed by atoms with E-state index in [2.05, 4.69) is 5.32 Å². The number of nitrogens with zero attached hydrogens (tertiary/aromatic N) is 1. The normalized spacial score (nSPS) is 16.0. The molecule has 0 aromatic heterocycles. The third-order valence-electron chi connectivity index (χ3n) is 5.16. The van der Waals surface area contributed by atoms with Crippen LogP contribution in [0.15, 0.2) is 24.3 Å². The van der Waals surface area contributed by atoms with E-state index >= 15 is 0 Å². The second kappa shape index (κ2) is 10.5. The van der Waals surface area contributed by atoms with Gasteiger partial charge in [-0.2, -0.15) is 0 Å². The topological polar surface area (TPSA) is 136 Å². The van der Waals surface area contributed by atoms with Crippen LogP contribution in [0.25, 0.3) is 0 Å². The summed E-state index contributed by atoms with van der Waals surface area (Å²) in [6, 6.07) is 3.94. The van der Waals surface area contributed by atoms with Gasteiger partial charge in [0.15, 0.2) is 0 Å². The first-order chi connectivity index (χ1) is 13.8.